The van der Waals surface area contributed by atoms with Crippen molar-refractivity contribution < 1.29 is 14.4 Å². The van der Waals surface area contributed by atoms with Gasteiger partial charge in [-0.05, 0) is 124 Å². The van der Waals surface area contributed by atoms with E-state index in [1.54, 1.807) is 18.2 Å². The van der Waals surface area contributed by atoms with Crippen molar-refractivity contribution in [3.05, 3.63) is 29.3 Å². The normalized spacial score (nSPS) is 27.9. The SMILES string of the molecule is CCCCC1CCC(C(=O)Nc2cc(C(N)=O)cc(C(=O)N(C3CCC(C(C)(C)C)CC3)C3CCC(C(C)(C)C)CC3)c2)CC1. The van der Waals surface area contributed by atoms with E-state index in [1.807, 2.05) is 0 Å². The van der Waals surface area contributed by atoms with Crippen molar-refractivity contribution in [2.45, 2.75) is 157 Å². The van der Waals surface area contributed by atoms with E-state index in [0.717, 1.165) is 83.0 Å². The van der Waals surface area contributed by atoms with Crippen LogP contribution in [0.5, 0.6) is 0 Å². The molecule has 3 N–H and O–H groups in total. The van der Waals surface area contributed by atoms with E-state index >= 15 is 0 Å². The molecule has 0 atom stereocenters. The third-order valence-corrected chi connectivity index (χ3v) is 11.8. The molecule has 0 spiro atoms. The van der Waals surface area contributed by atoms with Crippen molar-refractivity contribution in [3.63, 3.8) is 0 Å². The molecule has 252 valence electrons. The van der Waals surface area contributed by atoms with Gasteiger partial charge in [0, 0.05) is 34.8 Å². The van der Waals surface area contributed by atoms with Crippen molar-refractivity contribution >= 4 is 23.4 Å². The fourth-order valence-corrected chi connectivity index (χ4v) is 8.63. The predicted molar refractivity (Wildman–Crippen MR) is 185 cm³/mol. The zero-order valence-electron chi connectivity index (χ0n) is 29.6. The number of unbranched alkanes of at least 4 members (excludes halogenated alkanes) is 1. The quantitative estimate of drug-likeness (QED) is 0.288. The van der Waals surface area contributed by atoms with Gasteiger partial charge < -0.3 is 16.0 Å². The molecule has 0 aliphatic heterocycles. The molecule has 3 amide bonds. The standard InChI is InChI=1S/C39H63N3O3/c1-8-9-10-26-11-13-27(14-12-26)36(44)41-32-24-28(35(40)43)23-29(25-32)37(45)42(33-19-15-30(16-20-33)38(2,3)4)34-21-17-31(18-22-34)39(5,6)7/h23-27,30-31,33-34H,8-22H2,1-7H3,(H2,40,43)(H,41,44). The summed E-state index contributed by atoms with van der Waals surface area (Å²) in [7, 11) is 0. The number of carbonyl (C=O) groups is 3. The first-order valence-corrected chi connectivity index (χ1v) is 18.3. The van der Waals surface area contributed by atoms with Crippen LogP contribution in [0.4, 0.5) is 5.69 Å². The van der Waals surface area contributed by atoms with Crippen molar-refractivity contribution in [1.29, 1.82) is 0 Å². The summed E-state index contributed by atoms with van der Waals surface area (Å²) in [5, 5.41) is 3.09. The number of benzene rings is 1. The Hall–Kier alpha value is -2.37. The van der Waals surface area contributed by atoms with Crippen molar-refractivity contribution in [2.75, 3.05) is 5.32 Å². The molecule has 0 heterocycles. The minimum absolute atomic E-state index is 0.0122. The highest BCUT2D eigenvalue weighted by molar-refractivity contribution is 6.02. The molecule has 0 bridgehead atoms. The number of amides is 3. The molecular formula is C39H63N3O3. The summed E-state index contributed by atoms with van der Waals surface area (Å²) in [6.07, 6.45) is 16.2. The number of carbonyl (C=O) groups excluding carboxylic acids is 3. The lowest BCUT2D eigenvalue weighted by atomic mass is 9.69. The third kappa shape index (κ3) is 9.35. The van der Waals surface area contributed by atoms with E-state index in [-0.39, 0.29) is 46.2 Å². The largest absolute Gasteiger partial charge is 0.366 e. The minimum atomic E-state index is -0.584. The predicted octanol–water partition coefficient (Wildman–Crippen LogP) is 9.37. The van der Waals surface area contributed by atoms with Gasteiger partial charge >= 0.3 is 0 Å². The van der Waals surface area contributed by atoms with Gasteiger partial charge in [-0.3, -0.25) is 14.4 Å². The van der Waals surface area contributed by atoms with E-state index in [9.17, 15) is 14.4 Å². The molecule has 1 aromatic rings. The number of nitrogens with zero attached hydrogens (tertiary/aromatic N) is 1. The van der Waals surface area contributed by atoms with Crippen LogP contribution in [-0.2, 0) is 4.79 Å². The molecule has 3 aliphatic carbocycles. The van der Waals surface area contributed by atoms with Gasteiger partial charge in [0.2, 0.25) is 11.8 Å². The summed E-state index contributed by atoms with van der Waals surface area (Å²) in [6, 6.07) is 5.44. The Balaban J connectivity index is 1.55. The van der Waals surface area contributed by atoms with Crippen molar-refractivity contribution in [2.24, 2.45) is 40.2 Å². The van der Waals surface area contributed by atoms with Gasteiger partial charge in [-0.25, -0.2) is 0 Å². The fourth-order valence-electron chi connectivity index (χ4n) is 8.63. The highest BCUT2D eigenvalue weighted by atomic mass is 16.2. The number of hydrogen-bond donors (Lipinski definition) is 2. The fraction of sp³-hybridized carbons (Fsp3) is 0.769. The topological polar surface area (TPSA) is 92.5 Å². The number of primary amides is 1. The van der Waals surface area contributed by atoms with E-state index in [0.29, 0.717) is 23.1 Å². The zero-order valence-corrected chi connectivity index (χ0v) is 29.6. The highest BCUT2D eigenvalue weighted by Crippen LogP contribution is 2.43. The maximum absolute atomic E-state index is 14.6. The van der Waals surface area contributed by atoms with E-state index in [2.05, 4.69) is 58.7 Å². The van der Waals surface area contributed by atoms with Crippen LogP contribution in [0.1, 0.15) is 165 Å². The molecule has 6 nitrogen and oxygen atoms in total. The van der Waals surface area contributed by atoms with Gasteiger partial charge in [0.15, 0.2) is 0 Å². The van der Waals surface area contributed by atoms with Gasteiger partial charge in [-0.15, -0.1) is 0 Å². The Bertz CT molecular complexity index is 1120. The monoisotopic (exact) mass is 621 g/mol. The second-order valence-corrected chi connectivity index (χ2v) is 17.0. The molecule has 45 heavy (non-hydrogen) atoms. The van der Waals surface area contributed by atoms with Crippen LogP contribution in [0.15, 0.2) is 18.2 Å². The van der Waals surface area contributed by atoms with Gasteiger partial charge in [0.1, 0.15) is 0 Å². The molecule has 0 aromatic heterocycles. The third-order valence-electron chi connectivity index (χ3n) is 11.8. The Kier molecular flexibility index (Phi) is 11.8. The summed E-state index contributed by atoms with van der Waals surface area (Å²) >= 11 is 0. The van der Waals surface area contributed by atoms with Crippen molar-refractivity contribution in [3.8, 4) is 0 Å². The highest BCUT2D eigenvalue weighted by Gasteiger charge is 2.40. The summed E-state index contributed by atoms with van der Waals surface area (Å²) in [6.45, 7) is 16.2. The lowest BCUT2D eigenvalue weighted by molar-refractivity contribution is -0.121. The molecule has 1 aromatic carbocycles. The van der Waals surface area contributed by atoms with Gasteiger partial charge in [-0.2, -0.15) is 0 Å². The summed E-state index contributed by atoms with van der Waals surface area (Å²) < 4.78 is 0. The second kappa shape index (κ2) is 15.0. The van der Waals surface area contributed by atoms with Crippen LogP contribution >= 0.6 is 0 Å². The molecule has 0 radical (unpaired) electrons. The maximum Gasteiger partial charge on any atom is 0.254 e. The van der Waals surface area contributed by atoms with E-state index < -0.39 is 5.91 Å². The number of nitrogens with one attached hydrogen (secondary N) is 1. The second-order valence-electron chi connectivity index (χ2n) is 17.0. The molecule has 3 saturated carbocycles. The number of rotatable bonds is 9. The molecular weight excluding hydrogens is 558 g/mol. The molecule has 3 fully saturated rings. The maximum atomic E-state index is 14.6. The molecule has 6 heteroatoms. The summed E-state index contributed by atoms with van der Waals surface area (Å²) in [5.74, 6) is 1.38. The molecule has 4 rings (SSSR count). The van der Waals surface area contributed by atoms with E-state index in [1.165, 1.54) is 19.3 Å². The number of hydrogen-bond acceptors (Lipinski definition) is 3. The van der Waals surface area contributed by atoms with Crippen LogP contribution in [-0.4, -0.2) is 34.7 Å². The minimum Gasteiger partial charge on any atom is -0.366 e. The smallest absolute Gasteiger partial charge is 0.254 e. The molecule has 0 unspecified atom stereocenters. The average Bonchev–Trinajstić information content (AvgIpc) is 2.99. The van der Waals surface area contributed by atoms with Crippen LogP contribution in [0, 0.1) is 34.5 Å². The Morgan fingerprint density at radius 3 is 1.67 bits per heavy atom. The van der Waals surface area contributed by atoms with E-state index in [4.69, 9.17) is 5.73 Å². The molecule has 0 saturated heterocycles. The van der Waals surface area contributed by atoms with Gasteiger partial charge in [-0.1, -0.05) is 67.7 Å². The average molecular weight is 622 g/mol. The van der Waals surface area contributed by atoms with Crippen molar-refractivity contribution in [1.82, 2.24) is 4.90 Å². The van der Waals surface area contributed by atoms with Crippen LogP contribution in [0.2, 0.25) is 0 Å². The summed E-state index contributed by atoms with van der Waals surface area (Å²) in [4.78, 5) is 42.6. The number of nitrogens with two attached hydrogens (primary N) is 1. The first-order valence-electron chi connectivity index (χ1n) is 18.3. The lowest BCUT2D eigenvalue weighted by Crippen LogP contribution is -2.50. The lowest BCUT2D eigenvalue weighted by Gasteiger charge is -2.47. The molecule has 3 aliphatic rings. The Morgan fingerprint density at radius 2 is 1.22 bits per heavy atom. The van der Waals surface area contributed by atoms with Crippen LogP contribution < -0.4 is 11.1 Å². The number of anilines is 1. The van der Waals surface area contributed by atoms with Gasteiger partial charge in [0.05, 0.1) is 0 Å². The first kappa shape index (κ1) is 35.5. The van der Waals surface area contributed by atoms with Crippen LogP contribution in [0.25, 0.3) is 0 Å². The zero-order chi connectivity index (χ0) is 32.9. The Labute approximate surface area is 274 Å². The van der Waals surface area contributed by atoms with Gasteiger partial charge in [0.25, 0.3) is 5.91 Å². The first-order chi connectivity index (χ1) is 21.2. The van der Waals surface area contributed by atoms with Crippen LogP contribution in [0.3, 0.4) is 0 Å². The Morgan fingerprint density at radius 1 is 0.733 bits per heavy atom. The summed E-state index contributed by atoms with van der Waals surface area (Å²) in [5.41, 5.74) is 7.54.